The summed E-state index contributed by atoms with van der Waals surface area (Å²) in [6, 6.07) is 55.0. The van der Waals surface area contributed by atoms with Crippen molar-refractivity contribution in [3.63, 3.8) is 0 Å². The van der Waals surface area contributed by atoms with E-state index in [0.717, 1.165) is 49.0 Å². The van der Waals surface area contributed by atoms with E-state index in [4.69, 9.17) is 19.4 Å². The van der Waals surface area contributed by atoms with Crippen LogP contribution in [0.25, 0.3) is 104 Å². The molecule has 0 saturated carbocycles. The number of furan rings is 1. The lowest BCUT2D eigenvalue weighted by molar-refractivity contribution is 0.669. The normalized spacial score (nSPS) is 11.9. The Morgan fingerprint density at radius 1 is 0.451 bits per heavy atom. The van der Waals surface area contributed by atoms with E-state index in [1.165, 1.54) is 37.3 Å². The van der Waals surface area contributed by atoms with Gasteiger partial charge in [0, 0.05) is 58.5 Å². The maximum atomic E-state index is 6.43. The number of aromatic nitrogens is 4. The highest BCUT2D eigenvalue weighted by atomic mass is 32.1. The zero-order chi connectivity index (χ0) is 33.5. The van der Waals surface area contributed by atoms with Crippen LogP contribution in [0.3, 0.4) is 0 Å². The molecule has 238 valence electrons. The summed E-state index contributed by atoms with van der Waals surface area (Å²) in [4.78, 5) is 15.4. The van der Waals surface area contributed by atoms with Gasteiger partial charge in [-0.2, -0.15) is 0 Å². The number of para-hydroxylation sites is 4. The molecule has 4 heterocycles. The number of hydrogen-bond donors (Lipinski definition) is 0. The molecule has 7 aromatic carbocycles. The standard InChI is InChI=1S/C45H26N4OS/c1-2-12-27(13-3-1)43-46-44(34-19-10-17-32-31-16-6-9-23-39(31)50-41(32)34)48-45(47-43)35-20-11-18-33-36-26-28(24-25-40(36)51-42(33)35)49-37-21-7-4-14-29(37)30-15-5-8-22-38(30)49/h1-26H. The zero-order valence-electron chi connectivity index (χ0n) is 27.1. The van der Waals surface area contributed by atoms with Crippen molar-refractivity contribution in [3.05, 3.63) is 158 Å². The molecular weight excluding hydrogens is 645 g/mol. The summed E-state index contributed by atoms with van der Waals surface area (Å²) < 4.78 is 11.2. The van der Waals surface area contributed by atoms with Crippen LogP contribution in [0.1, 0.15) is 0 Å². The molecule has 5 nitrogen and oxygen atoms in total. The molecule has 0 radical (unpaired) electrons. The minimum absolute atomic E-state index is 0.579. The van der Waals surface area contributed by atoms with Gasteiger partial charge in [0.05, 0.1) is 16.6 Å². The number of hydrogen-bond acceptors (Lipinski definition) is 5. The van der Waals surface area contributed by atoms with Gasteiger partial charge in [0.1, 0.15) is 11.2 Å². The van der Waals surface area contributed by atoms with Gasteiger partial charge in [0.25, 0.3) is 0 Å². The summed E-state index contributed by atoms with van der Waals surface area (Å²) in [5.41, 5.74) is 7.89. The molecule has 0 N–H and O–H groups in total. The third-order valence-electron chi connectivity index (χ3n) is 9.87. The summed E-state index contributed by atoms with van der Waals surface area (Å²) in [5, 5.41) is 7.01. The van der Waals surface area contributed by atoms with Crippen molar-refractivity contribution >= 4 is 75.3 Å². The molecule has 0 unspecified atom stereocenters. The predicted octanol–water partition coefficient (Wildman–Crippen LogP) is 12.2. The first-order valence-electron chi connectivity index (χ1n) is 16.9. The molecular formula is C45H26N4OS. The first kappa shape index (κ1) is 28.2. The molecule has 0 spiro atoms. The number of thiophene rings is 1. The van der Waals surface area contributed by atoms with Crippen molar-refractivity contribution in [3.8, 4) is 39.9 Å². The predicted molar refractivity (Wildman–Crippen MR) is 211 cm³/mol. The van der Waals surface area contributed by atoms with Crippen LogP contribution in [0, 0.1) is 0 Å². The Hall–Kier alpha value is -6.63. The highest BCUT2D eigenvalue weighted by Crippen LogP contribution is 2.42. The van der Waals surface area contributed by atoms with Crippen molar-refractivity contribution in [1.82, 2.24) is 19.5 Å². The molecule has 0 aliphatic rings. The van der Waals surface area contributed by atoms with Crippen LogP contribution in [0.2, 0.25) is 0 Å². The Morgan fingerprint density at radius 3 is 1.84 bits per heavy atom. The lowest BCUT2D eigenvalue weighted by atomic mass is 10.1. The van der Waals surface area contributed by atoms with Gasteiger partial charge in [-0.05, 0) is 48.5 Å². The van der Waals surface area contributed by atoms with Gasteiger partial charge in [-0.1, -0.05) is 109 Å². The lowest BCUT2D eigenvalue weighted by Gasteiger charge is -2.09. The Labute approximate surface area is 295 Å². The molecule has 0 bridgehead atoms. The molecule has 0 fully saturated rings. The van der Waals surface area contributed by atoms with Gasteiger partial charge in [0.15, 0.2) is 17.5 Å². The van der Waals surface area contributed by atoms with Crippen LogP contribution in [-0.2, 0) is 0 Å². The summed E-state index contributed by atoms with van der Waals surface area (Å²) >= 11 is 1.78. The van der Waals surface area contributed by atoms with E-state index >= 15 is 0 Å². The average molecular weight is 671 g/mol. The summed E-state index contributed by atoms with van der Waals surface area (Å²) in [6.45, 7) is 0. The number of rotatable bonds is 4. The molecule has 0 amide bonds. The van der Waals surface area contributed by atoms with Crippen LogP contribution in [0.5, 0.6) is 0 Å². The van der Waals surface area contributed by atoms with Crippen molar-refractivity contribution in [2.75, 3.05) is 0 Å². The smallest absolute Gasteiger partial charge is 0.167 e. The molecule has 51 heavy (non-hydrogen) atoms. The van der Waals surface area contributed by atoms with E-state index in [1.807, 2.05) is 60.7 Å². The Bertz CT molecular complexity index is 3100. The second kappa shape index (κ2) is 10.9. The Morgan fingerprint density at radius 2 is 1.06 bits per heavy atom. The van der Waals surface area contributed by atoms with E-state index in [0.29, 0.717) is 17.5 Å². The second-order valence-electron chi connectivity index (χ2n) is 12.8. The minimum atomic E-state index is 0.579. The minimum Gasteiger partial charge on any atom is -0.455 e. The summed E-state index contributed by atoms with van der Waals surface area (Å²) in [5.74, 6) is 1.83. The van der Waals surface area contributed by atoms with Gasteiger partial charge < -0.3 is 8.98 Å². The van der Waals surface area contributed by atoms with Gasteiger partial charge in [0.2, 0.25) is 0 Å². The molecule has 6 heteroatoms. The van der Waals surface area contributed by atoms with E-state index in [1.54, 1.807) is 11.3 Å². The molecule has 0 saturated heterocycles. The average Bonchev–Trinajstić information content (AvgIpc) is 3.87. The van der Waals surface area contributed by atoms with Crippen LogP contribution in [-0.4, -0.2) is 19.5 Å². The summed E-state index contributed by atoms with van der Waals surface area (Å²) in [6.07, 6.45) is 0. The quantitative estimate of drug-likeness (QED) is 0.187. The first-order valence-corrected chi connectivity index (χ1v) is 17.8. The van der Waals surface area contributed by atoms with Gasteiger partial charge >= 0.3 is 0 Å². The second-order valence-corrected chi connectivity index (χ2v) is 13.8. The van der Waals surface area contributed by atoms with Crippen molar-refractivity contribution in [1.29, 1.82) is 0 Å². The monoisotopic (exact) mass is 670 g/mol. The van der Waals surface area contributed by atoms with Crippen LogP contribution in [0.15, 0.2) is 162 Å². The Balaban J connectivity index is 1.13. The molecule has 11 rings (SSSR count). The van der Waals surface area contributed by atoms with Gasteiger partial charge in [-0.15, -0.1) is 11.3 Å². The van der Waals surface area contributed by atoms with Gasteiger partial charge in [-0.3, -0.25) is 0 Å². The van der Waals surface area contributed by atoms with Crippen LogP contribution < -0.4 is 0 Å². The van der Waals surface area contributed by atoms with Gasteiger partial charge in [-0.25, -0.2) is 15.0 Å². The fourth-order valence-corrected chi connectivity index (χ4v) is 8.75. The molecule has 4 aromatic heterocycles. The molecule has 0 aliphatic heterocycles. The molecule has 11 aromatic rings. The summed E-state index contributed by atoms with van der Waals surface area (Å²) in [7, 11) is 0. The van der Waals surface area contributed by atoms with Crippen molar-refractivity contribution in [2.45, 2.75) is 0 Å². The van der Waals surface area contributed by atoms with E-state index in [2.05, 4.69) is 102 Å². The maximum absolute atomic E-state index is 6.43. The van der Waals surface area contributed by atoms with Crippen LogP contribution in [0.4, 0.5) is 0 Å². The number of benzene rings is 7. The van der Waals surface area contributed by atoms with Crippen LogP contribution >= 0.6 is 11.3 Å². The van der Waals surface area contributed by atoms with E-state index < -0.39 is 0 Å². The molecule has 0 atom stereocenters. The molecule has 0 aliphatic carbocycles. The third-order valence-corrected chi connectivity index (χ3v) is 11.1. The van der Waals surface area contributed by atoms with Crippen molar-refractivity contribution in [2.24, 2.45) is 0 Å². The van der Waals surface area contributed by atoms with Crippen molar-refractivity contribution < 1.29 is 4.42 Å². The Kier molecular flexibility index (Phi) is 6.05. The van der Waals surface area contributed by atoms with E-state index in [-0.39, 0.29) is 0 Å². The highest BCUT2D eigenvalue weighted by Gasteiger charge is 2.20. The topological polar surface area (TPSA) is 56.7 Å². The third kappa shape index (κ3) is 4.30. The van der Waals surface area contributed by atoms with E-state index in [9.17, 15) is 0 Å². The highest BCUT2D eigenvalue weighted by molar-refractivity contribution is 7.26. The lowest BCUT2D eigenvalue weighted by Crippen LogP contribution is -2.00. The first-order chi connectivity index (χ1) is 25.3. The maximum Gasteiger partial charge on any atom is 0.167 e. The number of nitrogens with zero attached hydrogens (tertiary/aromatic N) is 4. The number of fused-ring (bicyclic) bond motifs is 9. The SMILES string of the molecule is c1ccc(-c2nc(-c3cccc4c3oc3ccccc34)nc(-c3cccc4c3sc3ccc(-n5c6ccccc6c6ccccc65)cc34)n2)cc1. The largest absolute Gasteiger partial charge is 0.455 e. The fraction of sp³-hybridized carbons (Fsp3) is 0. The zero-order valence-corrected chi connectivity index (χ0v) is 27.9. The fourth-order valence-electron chi connectivity index (χ4n) is 7.56.